The third-order valence-electron chi connectivity index (χ3n) is 6.31. The van der Waals surface area contributed by atoms with Gasteiger partial charge < -0.3 is 19.7 Å². The van der Waals surface area contributed by atoms with E-state index in [2.05, 4.69) is 22.3 Å². The maximum atomic E-state index is 12.9. The first-order valence-corrected chi connectivity index (χ1v) is 12.1. The monoisotopic (exact) mass is 516 g/mol. The van der Waals surface area contributed by atoms with E-state index in [-0.39, 0.29) is 19.7 Å². The van der Waals surface area contributed by atoms with Crippen LogP contribution in [0.3, 0.4) is 0 Å². The van der Waals surface area contributed by atoms with E-state index in [4.69, 9.17) is 21.1 Å². The molecule has 2 heterocycles. The molecule has 38 heavy (non-hydrogen) atoms. The van der Waals surface area contributed by atoms with Gasteiger partial charge in [0.2, 0.25) is 5.91 Å². The second kappa shape index (κ2) is 12.1. The highest BCUT2D eigenvalue weighted by molar-refractivity contribution is 5.95. The number of para-hydroxylation sites is 1. The zero-order valence-electron chi connectivity index (χ0n) is 20.8. The lowest BCUT2D eigenvalue weighted by Gasteiger charge is -2.18. The zero-order chi connectivity index (χ0) is 27.1. The first kappa shape index (κ1) is 26.4. The maximum absolute atomic E-state index is 12.9. The minimum atomic E-state index is -0.863. The van der Waals surface area contributed by atoms with E-state index in [1.54, 1.807) is 29.7 Å². The second-order valence-corrected chi connectivity index (χ2v) is 8.89. The van der Waals surface area contributed by atoms with Gasteiger partial charge in [-0.25, -0.2) is 10.3 Å². The summed E-state index contributed by atoms with van der Waals surface area (Å²) in [6.07, 6.45) is 5.10. The molecule has 0 aliphatic carbocycles. The summed E-state index contributed by atoms with van der Waals surface area (Å²) < 4.78 is 10.8. The van der Waals surface area contributed by atoms with Crippen molar-refractivity contribution in [2.24, 2.45) is 5.92 Å². The number of hydroxylamine groups is 1. The van der Waals surface area contributed by atoms with E-state index in [0.717, 1.165) is 22.2 Å². The van der Waals surface area contributed by atoms with Crippen LogP contribution in [0.15, 0.2) is 54.6 Å². The van der Waals surface area contributed by atoms with E-state index < -0.39 is 29.9 Å². The Hall–Kier alpha value is -4.62. The summed E-state index contributed by atoms with van der Waals surface area (Å²) in [6.45, 7) is 2.19. The van der Waals surface area contributed by atoms with Gasteiger partial charge in [0.05, 0.1) is 24.1 Å². The number of hydrogen-bond donors (Lipinski definition) is 3. The highest BCUT2D eigenvalue weighted by Crippen LogP contribution is 2.21. The molecule has 0 saturated carbocycles. The topological polar surface area (TPSA) is 130 Å². The van der Waals surface area contributed by atoms with Crippen LogP contribution in [-0.4, -0.2) is 65.3 Å². The fourth-order valence-electron chi connectivity index (χ4n) is 4.48. The number of terminal acetylenes is 1. The van der Waals surface area contributed by atoms with Crippen molar-refractivity contribution in [1.82, 2.24) is 20.7 Å². The number of aromatic nitrogens is 1. The number of nitrogens with zero attached hydrogens (tertiary/aromatic N) is 2. The number of benzene rings is 2. The van der Waals surface area contributed by atoms with Crippen molar-refractivity contribution in [3.63, 3.8) is 0 Å². The van der Waals surface area contributed by atoms with Gasteiger partial charge in [0.25, 0.3) is 5.91 Å². The standard InChI is InChI=1S/C28H28N4O6/c1-3-13-38-28(35)32-16-23(27(34)31-36)25(17-32)30-26(33)19-8-10-21(11-9-19)37-14-12-20-15-18(2)29-24-7-5-4-6-22(20)24/h1,4-11,15,23,25,36H,12-14,16-17H2,2H3,(H,30,33)(H,31,34)/t23-,25+/m0/s1. The maximum Gasteiger partial charge on any atom is 0.410 e. The Morgan fingerprint density at radius 3 is 2.66 bits per heavy atom. The lowest BCUT2D eigenvalue weighted by Crippen LogP contribution is -2.45. The molecule has 3 N–H and O–H groups in total. The SMILES string of the molecule is C#CCOC(=O)N1C[C@H](C(=O)NO)[C@H](NC(=O)c2ccc(OCCc3cc(C)nc4ccccc34)cc2)C1. The van der Waals surface area contributed by atoms with Gasteiger partial charge in [-0.2, -0.15) is 0 Å². The summed E-state index contributed by atoms with van der Waals surface area (Å²) >= 11 is 0. The number of amides is 3. The number of carbonyl (C=O) groups excluding carboxylic acids is 3. The molecule has 2 atom stereocenters. The number of aryl methyl sites for hydroxylation is 1. The fraction of sp³-hybridized carbons (Fsp3) is 0.286. The number of hydrogen-bond acceptors (Lipinski definition) is 7. The Morgan fingerprint density at radius 2 is 1.92 bits per heavy atom. The quantitative estimate of drug-likeness (QED) is 0.238. The molecule has 4 rings (SSSR count). The Morgan fingerprint density at radius 1 is 1.16 bits per heavy atom. The van der Waals surface area contributed by atoms with Crippen LogP contribution in [0.4, 0.5) is 4.79 Å². The molecule has 0 spiro atoms. The van der Waals surface area contributed by atoms with Crippen LogP contribution in [0.5, 0.6) is 5.75 Å². The molecule has 0 unspecified atom stereocenters. The van der Waals surface area contributed by atoms with Crippen LogP contribution in [0.2, 0.25) is 0 Å². The van der Waals surface area contributed by atoms with Crippen LogP contribution >= 0.6 is 0 Å². The van der Waals surface area contributed by atoms with Crippen molar-refractivity contribution in [2.75, 3.05) is 26.3 Å². The zero-order valence-corrected chi connectivity index (χ0v) is 20.8. The van der Waals surface area contributed by atoms with E-state index in [1.807, 2.05) is 31.2 Å². The third kappa shape index (κ3) is 6.19. The smallest absolute Gasteiger partial charge is 0.410 e. The first-order chi connectivity index (χ1) is 18.4. The lowest BCUT2D eigenvalue weighted by molar-refractivity contribution is -0.133. The largest absolute Gasteiger partial charge is 0.493 e. The number of pyridine rings is 1. The van der Waals surface area contributed by atoms with Crippen LogP contribution in [0.1, 0.15) is 21.6 Å². The summed E-state index contributed by atoms with van der Waals surface area (Å²) in [4.78, 5) is 42.9. The molecule has 1 saturated heterocycles. The molecule has 1 aliphatic rings. The summed E-state index contributed by atoms with van der Waals surface area (Å²) in [5, 5.41) is 12.9. The predicted octanol–water partition coefficient (Wildman–Crippen LogP) is 2.47. The van der Waals surface area contributed by atoms with Crippen molar-refractivity contribution in [1.29, 1.82) is 0 Å². The van der Waals surface area contributed by atoms with Crippen molar-refractivity contribution >= 4 is 28.8 Å². The molecule has 10 heteroatoms. The summed E-state index contributed by atoms with van der Waals surface area (Å²) in [5.74, 6) is 0.787. The molecule has 0 radical (unpaired) electrons. The molecule has 1 fully saturated rings. The minimum Gasteiger partial charge on any atom is -0.493 e. The van der Waals surface area contributed by atoms with Crippen molar-refractivity contribution in [2.45, 2.75) is 19.4 Å². The summed E-state index contributed by atoms with van der Waals surface area (Å²) in [5.41, 5.74) is 4.98. The molecule has 10 nitrogen and oxygen atoms in total. The molecule has 196 valence electrons. The van der Waals surface area contributed by atoms with Crippen molar-refractivity contribution in [3.05, 3.63) is 71.4 Å². The van der Waals surface area contributed by atoms with Gasteiger partial charge in [0.1, 0.15) is 5.75 Å². The van der Waals surface area contributed by atoms with E-state index in [0.29, 0.717) is 24.3 Å². The van der Waals surface area contributed by atoms with Crippen LogP contribution in [0, 0.1) is 25.2 Å². The van der Waals surface area contributed by atoms with Crippen LogP contribution < -0.4 is 15.5 Å². The van der Waals surface area contributed by atoms with Crippen molar-refractivity contribution < 1.29 is 29.1 Å². The van der Waals surface area contributed by atoms with Gasteiger partial charge in [0.15, 0.2) is 6.61 Å². The lowest BCUT2D eigenvalue weighted by atomic mass is 10.0. The van der Waals surface area contributed by atoms with E-state index in [9.17, 15) is 14.4 Å². The number of likely N-dealkylation sites (tertiary alicyclic amines) is 1. The Bertz CT molecular complexity index is 1370. The van der Waals surface area contributed by atoms with Gasteiger partial charge in [-0.05, 0) is 48.9 Å². The average Bonchev–Trinajstić information content (AvgIpc) is 3.35. The predicted molar refractivity (Wildman–Crippen MR) is 139 cm³/mol. The number of fused-ring (bicyclic) bond motifs is 1. The van der Waals surface area contributed by atoms with Gasteiger partial charge in [-0.3, -0.25) is 19.8 Å². The summed E-state index contributed by atoms with van der Waals surface area (Å²) in [7, 11) is 0. The number of ether oxygens (including phenoxy) is 2. The molecule has 3 aromatic rings. The van der Waals surface area contributed by atoms with Gasteiger partial charge in [-0.15, -0.1) is 6.42 Å². The van der Waals surface area contributed by atoms with E-state index in [1.165, 1.54) is 4.90 Å². The Kier molecular flexibility index (Phi) is 8.40. The second-order valence-electron chi connectivity index (χ2n) is 8.89. The normalized spacial score (nSPS) is 16.5. The molecule has 1 aliphatic heterocycles. The van der Waals surface area contributed by atoms with E-state index >= 15 is 0 Å². The molecule has 2 aromatic carbocycles. The van der Waals surface area contributed by atoms with Crippen LogP contribution in [-0.2, 0) is 16.0 Å². The molecule has 3 amide bonds. The number of rotatable bonds is 8. The highest BCUT2D eigenvalue weighted by atomic mass is 16.6. The molecular weight excluding hydrogens is 488 g/mol. The minimum absolute atomic E-state index is 0.0254. The Balaban J connectivity index is 1.34. The molecule has 1 aromatic heterocycles. The van der Waals surface area contributed by atoms with Gasteiger partial charge in [0, 0.05) is 36.2 Å². The number of carbonyl (C=O) groups is 3. The molecule has 0 bridgehead atoms. The van der Waals surface area contributed by atoms with Crippen molar-refractivity contribution in [3.8, 4) is 18.1 Å². The van der Waals surface area contributed by atoms with Gasteiger partial charge in [-0.1, -0.05) is 24.1 Å². The Labute approximate surface area is 219 Å². The third-order valence-corrected chi connectivity index (χ3v) is 6.31. The molecular formula is C28H28N4O6. The fourth-order valence-corrected chi connectivity index (χ4v) is 4.48. The first-order valence-electron chi connectivity index (χ1n) is 12.1. The summed E-state index contributed by atoms with van der Waals surface area (Å²) in [6, 6.07) is 15.9. The van der Waals surface area contributed by atoms with Crippen LogP contribution in [0.25, 0.3) is 10.9 Å². The van der Waals surface area contributed by atoms with Gasteiger partial charge >= 0.3 is 6.09 Å². The highest BCUT2D eigenvalue weighted by Gasteiger charge is 2.41. The number of nitrogens with one attached hydrogen (secondary N) is 2. The average molecular weight is 517 g/mol.